The Morgan fingerprint density at radius 1 is 1.16 bits per heavy atom. The van der Waals surface area contributed by atoms with E-state index in [-0.39, 0.29) is 29.1 Å². The van der Waals surface area contributed by atoms with Crippen molar-refractivity contribution in [3.63, 3.8) is 0 Å². The van der Waals surface area contributed by atoms with Crippen molar-refractivity contribution < 1.29 is 37.8 Å². The molecule has 2 heterocycles. The summed E-state index contributed by atoms with van der Waals surface area (Å²) in [6.07, 6.45) is -6.40. The largest absolute Gasteiger partial charge is 0.465 e. The van der Waals surface area contributed by atoms with Gasteiger partial charge >= 0.3 is 12.3 Å². The van der Waals surface area contributed by atoms with E-state index < -0.39 is 42.3 Å². The summed E-state index contributed by atoms with van der Waals surface area (Å²) in [5.41, 5.74) is -1.15. The smallest absolute Gasteiger partial charge is 0.433 e. The molecule has 0 aliphatic carbocycles. The standard InChI is InChI=1S/C20H19F3N4O5/c21-20(22,23)15-6-11(9-24-19(31)32)7-16(25-15)26-17(29)12-2-1-3-13(8-12)18(30)27-5-4-14(28)10-27/h1-3,6-8,14,24,28H,4-5,9-10H2,(H,31,32)(H,25,26,29)/t14-/m0/s1. The zero-order valence-corrected chi connectivity index (χ0v) is 16.5. The average molecular weight is 452 g/mol. The lowest BCUT2D eigenvalue weighted by molar-refractivity contribution is -0.141. The van der Waals surface area contributed by atoms with Gasteiger partial charge in [0.1, 0.15) is 11.5 Å². The van der Waals surface area contributed by atoms with Crippen LogP contribution in [0, 0.1) is 0 Å². The summed E-state index contributed by atoms with van der Waals surface area (Å²) in [4.78, 5) is 40.6. The van der Waals surface area contributed by atoms with Gasteiger partial charge in [0.05, 0.1) is 6.10 Å². The first-order chi connectivity index (χ1) is 15.0. The van der Waals surface area contributed by atoms with Gasteiger partial charge in [-0.05, 0) is 42.3 Å². The highest BCUT2D eigenvalue weighted by Crippen LogP contribution is 2.29. The summed E-state index contributed by atoms with van der Waals surface area (Å²) < 4.78 is 39.5. The number of amides is 3. The van der Waals surface area contributed by atoms with Crippen molar-refractivity contribution in [3.8, 4) is 0 Å². The lowest BCUT2D eigenvalue weighted by Gasteiger charge is -2.16. The molecule has 4 N–H and O–H groups in total. The van der Waals surface area contributed by atoms with Gasteiger partial charge in [0, 0.05) is 30.8 Å². The molecule has 0 unspecified atom stereocenters. The molecule has 9 nitrogen and oxygen atoms in total. The molecule has 0 radical (unpaired) electrons. The number of pyridine rings is 1. The van der Waals surface area contributed by atoms with Crippen molar-refractivity contribution in [1.29, 1.82) is 0 Å². The summed E-state index contributed by atoms with van der Waals surface area (Å²) in [6.45, 7) is 0.129. The van der Waals surface area contributed by atoms with Crippen LogP contribution in [0.25, 0.3) is 0 Å². The molecule has 32 heavy (non-hydrogen) atoms. The second-order valence-electron chi connectivity index (χ2n) is 7.13. The van der Waals surface area contributed by atoms with E-state index in [4.69, 9.17) is 5.11 Å². The van der Waals surface area contributed by atoms with Crippen LogP contribution in [0.1, 0.15) is 38.4 Å². The Morgan fingerprint density at radius 3 is 2.50 bits per heavy atom. The maximum atomic E-state index is 13.2. The van der Waals surface area contributed by atoms with E-state index in [0.29, 0.717) is 19.0 Å². The fraction of sp³-hybridized carbons (Fsp3) is 0.300. The Balaban J connectivity index is 1.81. The molecular formula is C20H19F3N4O5. The number of likely N-dealkylation sites (tertiary alicyclic amines) is 1. The molecule has 0 saturated carbocycles. The number of halogens is 3. The first-order valence-electron chi connectivity index (χ1n) is 9.46. The third-order valence-corrected chi connectivity index (χ3v) is 4.68. The predicted octanol–water partition coefficient (Wildman–Crippen LogP) is 2.33. The highest BCUT2D eigenvalue weighted by molar-refractivity contribution is 6.05. The molecule has 1 saturated heterocycles. The van der Waals surface area contributed by atoms with Gasteiger partial charge in [-0.15, -0.1) is 0 Å². The predicted molar refractivity (Wildman–Crippen MR) is 105 cm³/mol. The molecule has 12 heteroatoms. The van der Waals surface area contributed by atoms with Crippen LogP contribution in [0.5, 0.6) is 0 Å². The number of carbonyl (C=O) groups excluding carboxylic acids is 2. The van der Waals surface area contributed by atoms with Crippen molar-refractivity contribution >= 4 is 23.7 Å². The highest BCUT2D eigenvalue weighted by Gasteiger charge is 2.33. The molecule has 1 fully saturated rings. The van der Waals surface area contributed by atoms with E-state index in [9.17, 15) is 32.7 Å². The summed E-state index contributed by atoms with van der Waals surface area (Å²) in [6, 6.07) is 7.41. The molecule has 2 aromatic rings. The number of carboxylic acid groups (broad SMARTS) is 1. The van der Waals surface area contributed by atoms with E-state index >= 15 is 0 Å². The monoisotopic (exact) mass is 452 g/mol. The van der Waals surface area contributed by atoms with Gasteiger partial charge < -0.3 is 25.7 Å². The third kappa shape index (κ3) is 5.72. The third-order valence-electron chi connectivity index (χ3n) is 4.68. The molecule has 3 rings (SSSR count). The number of anilines is 1. The minimum Gasteiger partial charge on any atom is -0.465 e. The van der Waals surface area contributed by atoms with Gasteiger partial charge in [0.25, 0.3) is 11.8 Å². The maximum Gasteiger partial charge on any atom is 0.433 e. The van der Waals surface area contributed by atoms with Gasteiger partial charge in [-0.1, -0.05) is 6.07 Å². The first kappa shape index (κ1) is 23.0. The molecular weight excluding hydrogens is 433 g/mol. The van der Waals surface area contributed by atoms with Crippen molar-refractivity contribution in [3.05, 3.63) is 58.8 Å². The number of rotatable bonds is 5. The zero-order chi connectivity index (χ0) is 23.5. The first-order valence-corrected chi connectivity index (χ1v) is 9.46. The molecule has 1 aromatic heterocycles. The van der Waals surface area contributed by atoms with E-state index in [1.54, 1.807) is 0 Å². The number of alkyl halides is 3. The normalized spacial score (nSPS) is 16.0. The number of aliphatic hydroxyl groups is 1. The van der Waals surface area contributed by atoms with Gasteiger partial charge in [0.2, 0.25) is 0 Å². The fourth-order valence-corrected chi connectivity index (χ4v) is 3.17. The molecule has 0 bridgehead atoms. The lowest BCUT2D eigenvalue weighted by atomic mass is 10.1. The summed E-state index contributed by atoms with van der Waals surface area (Å²) >= 11 is 0. The quantitative estimate of drug-likeness (QED) is 0.551. The second kappa shape index (κ2) is 9.22. The number of aromatic nitrogens is 1. The van der Waals surface area contributed by atoms with E-state index in [0.717, 1.165) is 6.07 Å². The molecule has 170 valence electrons. The zero-order valence-electron chi connectivity index (χ0n) is 16.5. The number of hydrogen-bond donors (Lipinski definition) is 4. The van der Waals surface area contributed by atoms with Crippen LogP contribution in [0.15, 0.2) is 36.4 Å². The minimum atomic E-state index is -4.81. The Hall–Kier alpha value is -3.67. The number of nitrogens with one attached hydrogen (secondary N) is 2. The van der Waals surface area contributed by atoms with Crippen molar-refractivity contribution in [1.82, 2.24) is 15.2 Å². The van der Waals surface area contributed by atoms with Gasteiger partial charge in [0.15, 0.2) is 0 Å². The van der Waals surface area contributed by atoms with Crippen molar-refractivity contribution in [2.75, 3.05) is 18.4 Å². The topological polar surface area (TPSA) is 132 Å². The van der Waals surface area contributed by atoms with Crippen LogP contribution in [-0.4, -0.2) is 57.2 Å². The Labute approximate surface area is 179 Å². The van der Waals surface area contributed by atoms with Gasteiger partial charge in [-0.3, -0.25) is 9.59 Å². The number of hydrogen-bond acceptors (Lipinski definition) is 5. The van der Waals surface area contributed by atoms with E-state index in [2.05, 4.69) is 10.3 Å². The van der Waals surface area contributed by atoms with Crippen molar-refractivity contribution in [2.24, 2.45) is 0 Å². The maximum absolute atomic E-state index is 13.2. The SMILES string of the molecule is O=C(O)NCc1cc(NC(=O)c2cccc(C(=O)N3CC[C@H](O)C3)c2)nc(C(F)(F)F)c1. The molecule has 1 aliphatic heterocycles. The fourth-order valence-electron chi connectivity index (χ4n) is 3.17. The number of nitrogens with zero attached hydrogens (tertiary/aromatic N) is 2. The van der Waals surface area contributed by atoms with Crippen molar-refractivity contribution in [2.45, 2.75) is 25.2 Å². The van der Waals surface area contributed by atoms with E-state index in [1.165, 1.54) is 29.2 Å². The second-order valence-corrected chi connectivity index (χ2v) is 7.13. The Kier molecular flexibility index (Phi) is 6.63. The summed E-state index contributed by atoms with van der Waals surface area (Å²) in [5.74, 6) is -1.60. The highest BCUT2D eigenvalue weighted by atomic mass is 19.4. The van der Waals surface area contributed by atoms with Gasteiger partial charge in [-0.2, -0.15) is 13.2 Å². The van der Waals surface area contributed by atoms with Crippen LogP contribution in [0.3, 0.4) is 0 Å². The summed E-state index contributed by atoms with van der Waals surface area (Å²) in [7, 11) is 0. The van der Waals surface area contributed by atoms with Crippen LogP contribution >= 0.6 is 0 Å². The Bertz CT molecular complexity index is 1040. The van der Waals surface area contributed by atoms with Gasteiger partial charge in [-0.25, -0.2) is 9.78 Å². The minimum absolute atomic E-state index is 0.0139. The van der Waals surface area contributed by atoms with Crippen LogP contribution in [-0.2, 0) is 12.7 Å². The number of aliphatic hydroxyl groups excluding tert-OH is 1. The number of β-amino-alcohol motifs (C(OH)–C–C–N with tert-alkyl or cyclic N) is 1. The number of carbonyl (C=O) groups is 3. The van der Waals surface area contributed by atoms with Crippen LogP contribution in [0.4, 0.5) is 23.8 Å². The Morgan fingerprint density at radius 2 is 1.88 bits per heavy atom. The molecule has 1 aliphatic rings. The molecule has 0 spiro atoms. The molecule has 1 aromatic carbocycles. The van der Waals surface area contributed by atoms with Crippen LogP contribution in [0.2, 0.25) is 0 Å². The average Bonchev–Trinajstić information content (AvgIpc) is 3.17. The van der Waals surface area contributed by atoms with E-state index in [1.807, 2.05) is 5.32 Å². The number of benzene rings is 1. The van der Waals surface area contributed by atoms with Crippen LogP contribution < -0.4 is 10.6 Å². The lowest BCUT2D eigenvalue weighted by Crippen LogP contribution is -2.29. The summed E-state index contributed by atoms with van der Waals surface area (Å²) in [5, 5.41) is 22.5. The molecule has 1 atom stereocenters. The molecule has 3 amide bonds.